The van der Waals surface area contributed by atoms with Crippen LogP contribution in [-0.2, 0) is 0 Å². The van der Waals surface area contributed by atoms with E-state index in [0.29, 0.717) is 17.7 Å². The molecule has 31 heavy (non-hydrogen) atoms. The highest BCUT2D eigenvalue weighted by atomic mass is 19.1. The topological polar surface area (TPSA) is 74.5 Å². The van der Waals surface area contributed by atoms with Crippen LogP contribution in [0.1, 0.15) is 15.9 Å². The van der Waals surface area contributed by atoms with Gasteiger partial charge in [-0.3, -0.25) is 4.79 Å². The lowest BCUT2D eigenvalue weighted by molar-refractivity contribution is 0.112. The third-order valence-corrected chi connectivity index (χ3v) is 4.98. The fraction of sp³-hybridized carbons (Fsp3) is 0.125. The van der Waals surface area contributed by atoms with Crippen molar-refractivity contribution in [3.63, 3.8) is 0 Å². The normalized spacial score (nSPS) is 10.7. The highest BCUT2D eigenvalue weighted by Gasteiger charge is 2.15. The summed E-state index contributed by atoms with van der Waals surface area (Å²) in [5, 5.41) is 3.94. The summed E-state index contributed by atoms with van der Waals surface area (Å²) in [6, 6.07) is 15.5. The molecule has 4 aromatic rings. The van der Waals surface area contributed by atoms with E-state index < -0.39 is 5.82 Å². The Bertz CT molecular complexity index is 1270. The number of aromatic nitrogens is 2. The molecule has 3 aromatic carbocycles. The van der Waals surface area contributed by atoms with Crippen LogP contribution in [0.25, 0.3) is 34.0 Å². The van der Waals surface area contributed by atoms with E-state index in [0.717, 1.165) is 33.8 Å². The van der Waals surface area contributed by atoms with Gasteiger partial charge < -0.3 is 14.0 Å². The maximum Gasteiger partial charge on any atom is 0.258 e. The van der Waals surface area contributed by atoms with Crippen molar-refractivity contribution in [2.45, 2.75) is 6.92 Å². The van der Waals surface area contributed by atoms with E-state index in [1.54, 1.807) is 20.3 Å². The van der Waals surface area contributed by atoms with Gasteiger partial charge in [-0.25, -0.2) is 4.39 Å². The third kappa shape index (κ3) is 3.90. The molecule has 0 atom stereocenters. The van der Waals surface area contributed by atoms with Crippen molar-refractivity contribution in [1.82, 2.24) is 10.1 Å². The summed E-state index contributed by atoms with van der Waals surface area (Å²) in [5.41, 5.74) is 3.99. The van der Waals surface area contributed by atoms with E-state index in [1.165, 1.54) is 12.1 Å². The molecule has 0 bridgehead atoms. The molecule has 0 unspecified atom stereocenters. The zero-order chi connectivity index (χ0) is 22.0. The van der Waals surface area contributed by atoms with Crippen molar-refractivity contribution in [3.05, 3.63) is 71.5 Å². The van der Waals surface area contributed by atoms with Crippen LogP contribution >= 0.6 is 0 Å². The summed E-state index contributed by atoms with van der Waals surface area (Å²) in [6.45, 7) is 1.97. The van der Waals surface area contributed by atoms with Crippen LogP contribution in [0.15, 0.2) is 59.1 Å². The molecule has 1 heterocycles. The number of rotatable bonds is 6. The summed E-state index contributed by atoms with van der Waals surface area (Å²) >= 11 is 0. The molecule has 0 fully saturated rings. The van der Waals surface area contributed by atoms with Crippen LogP contribution in [0.4, 0.5) is 4.39 Å². The number of benzene rings is 3. The van der Waals surface area contributed by atoms with Crippen molar-refractivity contribution in [2.75, 3.05) is 14.2 Å². The van der Waals surface area contributed by atoms with Gasteiger partial charge in [0, 0.05) is 16.7 Å². The van der Waals surface area contributed by atoms with E-state index in [-0.39, 0.29) is 11.4 Å². The van der Waals surface area contributed by atoms with E-state index in [1.807, 2.05) is 43.3 Å². The Kier molecular flexibility index (Phi) is 5.49. The van der Waals surface area contributed by atoms with Gasteiger partial charge in [0.1, 0.15) is 17.3 Å². The smallest absolute Gasteiger partial charge is 0.258 e. The monoisotopic (exact) mass is 418 g/mol. The molecule has 0 aliphatic carbocycles. The second kappa shape index (κ2) is 8.39. The molecule has 0 aliphatic heterocycles. The van der Waals surface area contributed by atoms with Crippen LogP contribution in [0.5, 0.6) is 11.5 Å². The Balaban J connectivity index is 1.68. The zero-order valence-corrected chi connectivity index (χ0v) is 17.2. The Hall–Kier alpha value is -4.00. The van der Waals surface area contributed by atoms with Gasteiger partial charge in [-0.15, -0.1) is 0 Å². The minimum Gasteiger partial charge on any atom is -0.497 e. The van der Waals surface area contributed by atoms with E-state index in [4.69, 9.17) is 14.0 Å². The van der Waals surface area contributed by atoms with Gasteiger partial charge in [0.25, 0.3) is 5.89 Å². The van der Waals surface area contributed by atoms with Crippen LogP contribution in [0.3, 0.4) is 0 Å². The quantitative estimate of drug-likeness (QED) is 0.393. The number of halogens is 1. The van der Waals surface area contributed by atoms with Crippen LogP contribution < -0.4 is 9.47 Å². The zero-order valence-electron chi connectivity index (χ0n) is 17.2. The van der Waals surface area contributed by atoms with Gasteiger partial charge >= 0.3 is 0 Å². The minimum atomic E-state index is -0.633. The van der Waals surface area contributed by atoms with Crippen molar-refractivity contribution >= 4 is 6.29 Å². The lowest BCUT2D eigenvalue weighted by Crippen LogP contribution is -1.92. The summed E-state index contributed by atoms with van der Waals surface area (Å²) in [7, 11) is 3.24. The predicted octanol–water partition coefficient (Wildman–Crippen LogP) is 5.35. The summed E-state index contributed by atoms with van der Waals surface area (Å²) < 4.78 is 30.1. The van der Waals surface area contributed by atoms with Gasteiger partial charge in [-0.2, -0.15) is 4.98 Å². The van der Waals surface area contributed by atoms with Gasteiger partial charge in [0.15, 0.2) is 6.29 Å². The number of ether oxygens (including phenoxy) is 2. The first-order valence-electron chi connectivity index (χ1n) is 9.46. The molecule has 156 valence electrons. The standard InChI is InChI=1S/C24H19FN2O4/c1-14-10-16(6-8-19(14)20-12-18(29-2)7-9-22(20)30-3)24-26-23(27-31-24)15-4-5-17(13-28)21(25)11-15/h4-13H,1-3H3. The van der Waals surface area contributed by atoms with Crippen molar-refractivity contribution in [1.29, 1.82) is 0 Å². The first-order valence-corrected chi connectivity index (χ1v) is 9.46. The highest BCUT2D eigenvalue weighted by Crippen LogP contribution is 2.36. The molecule has 4 rings (SSSR count). The number of carbonyl (C=O) groups excluding carboxylic acids is 1. The molecule has 1 aromatic heterocycles. The maximum atomic E-state index is 13.9. The first-order chi connectivity index (χ1) is 15.0. The van der Waals surface area contributed by atoms with Gasteiger partial charge in [0.05, 0.1) is 19.8 Å². The molecule has 7 heteroatoms. The molecule has 0 radical (unpaired) electrons. The van der Waals surface area contributed by atoms with Crippen LogP contribution in [0.2, 0.25) is 0 Å². The maximum absolute atomic E-state index is 13.9. The summed E-state index contributed by atoms with van der Waals surface area (Å²) in [4.78, 5) is 15.2. The van der Waals surface area contributed by atoms with Crippen LogP contribution in [0, 0.1) is 12.7 Å². The Morgan fingerprint density at radius 3 is 2.42 bits per heavy atom. The molecule has 0 aliphatic rings. The van der Waals surface area contributed by atoms with E-state index >= 15 is 0 Å². The Labute approximate surface area is 178 Å². The summed E-state index contributed by atoms with van der Waals surface area (Å²) in [6.07, 6.45) is 0.461. The number of aryl methyl sites for hydroxylation is 1. The fourth-order valence-electron chi connectivity index (χ4n) is 3.34. The summed E-state index contributed by atoms with van der Waals surface area (Å²) in [5.74, 6) is 1.38. The molecule has 0 spiro atoms. The number of carbonyl (C=O) groups is 1. The number of hydrogen-bond donors (Lipinski definition) is 0. The average molecular weight is 418 g/mol. The molecule has 6 nitrogen and oxygen atoms in total. The number of aldehydes is 1. The second-order valence-electron chi connectivity index (χ2n) is 6.87. The van der Waals surface area contributed by atoms with E-state index in [2.05, 4.69) is 10.1 Å². The van der Waals surface area contributed by atoms with Crippen molar-refractivity contribution < 1.29 is 23.2 Å². The molecule has 0 saturated carbocycles. The van der Waals surface area contributed by atoms with Crippen molar-refractivity contribution in [3.8, 4) is 45.5 Å². The van der Waals surface area contributed by atoms with Gasteiger partial charge in [-0.05, 0) is 60.5 Å². The lowest BCUT2D eigenvalue weighted by atomic mass is 9.97. The van der Waals surface area contributed by atoms with Gasteiger partial charge in [-0.1, -0.05) is 17.3 Å². The van der Waals surface area contributed by atoms with E-state index in [9.17, 15) is 9.18 Å². The number of methoxy groups -OCH3 is 2. The second-order valence-corrected chi connectivity index (χ2v) is 6.87. The third-order valence-electron chi connectivity index (χ3n) is 4.98. The Morgan fingerprint density at radius 1 is 0.935 bits per heavy atom. The fourth-order valence-corrected chi connectivity index (χ4v) is 3.34. The first kappa shape index (κ1) is 20.3. The molecular weight excluding hydrogens is 399 g/mol. The molecule has 0 amide bonds. The highest BCUT2D eigenvalue weighted by molar-refractivity contribution is 5.78. The van der Waals surface area contributed by atoms with Gasteiger partial charge in [0.2, 0.25) is 5.82 Å². The molecular formula is C24H19FN2O4. The predicted molar refractivity (Wildman–Crippen MR) is 114 cm³/mol. The van der Waals surface area contributed by atoms with Crippen molar-refractivity contribution in [2.24, 2.45) is 0 Å². The number of hydrogen-bond acceptors (Lipinski definition) is 6. The number of nitrogens with zero attached hydrogens (tertiary/aromatic N) is 2. The average Bonchev–Trinajstić information content (AvgIpc) is 3.29. The minimum absolute atomic E-state index is 0.0216. The molecule has 0 saturated heterocycles. The van der Waals surface area contributed by atoms with Crippen LogP contribution in [-0.4, -0.2) is 30.6 Å². The largest absolute Gasteiger partial charge is 0.497 e. The Morgan fingerprint density at radius 2 is 1.74 bits per heavy atom. The molecule has 0 N–H and O–H groups in total. The SMILES string of the molecule is COc1ccc(OC)c(-c2ccc(-c3nc(-c4ccc(C=O)c(F)c4)no3)cc2C)c1. The lowest BCUT2D eigenvalue weighted by Gasteiger charge is -2.13.